The highest BCUT2D eigenvalue weighted by atomic mass is 19.4. The molecular formula is C14H14F7NO3. The maximum atomic E-state index is 12.9. The first-order valence-electron chi connectivity index (χ1n) is 6.82. The lowest BCUT2D eigenvalue weighted by molar-refractivity contribution is -0.274. The predicted octanol–water partition coefficient (Wildman–Crippen LogP) is 3.41. The van der Waals surface area contributed by atoms with Crippen LogP contribution in [0.2, 0.25) is 0 Å². The van der Waals surface area contributed by atoms with Crippen LogP contribution in [-0.4, -0.2) is 35.8 Å². The van der Waals surface area contributed by atoms with Gasteiger partial charge < -0.3 is 15.2 Å². The summed E-state index contributed by atoms with van der Waals surface area (Å²) < 4.78 is 90.0. The molecule has 11 heteroatoms. The van der Waals surface area contributed by atoms with Gasteiger partial charge in [-0.15, -0.1) is 13.2 Å². The van der Waals surface area contributed by atoms with E-state index in [1.54, 1.807) is 0 Å². The number of benzene rings is 1. The molecule has 0 aliphatic carbocycles. The molecule has 1 rings (SSSR count). The number of alkyl halides is 7. The molecule has 25 heavy (non-hydrogen) atoms. The topological polar surface area (TPSA) is 58.6 Å². The second-order valence-corrected chi connectivity index (χ2v) is 5.10. The molecule has 2 atom stereocenters. The number of hydrogen-bond donors (Lipinski definition) is 2. The third-order valence-corrected chi connectivity index (χ3v) is 3.08. The average molecular weight is 377 g/mol. The normalized spacial score (nSPS) is 15.0. The van der Waals surface area contributed by atoms with Crippen LogP contribution in [0.3, 0.4) is 0 Å². The Kier molecular flexibility index (Phi) is 6.63. The lowest BCUT2D eigenvalue weighted by Crippen LogP contribution is -2.43. The summed E-state index contributed by atoms with van der Waals surface area (Å²) in [5.74, 6) is -6.50. The van der Waals surface area contributed by atoms with Gasteiger partial charge in [-0.1, -0.05) is 12.1 Å². The molecule has 0 aromatic heterocycles. The van der Waals surface area contributed by atoms with E-state index in [0.29, 0.717) is 0 Å². The summed E-state index contributed by atoms with van der Waals surface area (Å²) in [6, 6.07) is 3.56. The van der Waals surface area contributed by atoms with Crippen LogP contribution >= 0.6 is 0 Å². The third kappa shape index (κ3) is 6.40. The number of aliphatic hydroxyl groups is 1. The van der Waals surface area contributed by atoms with Crippen molar-refractivity contribution in [2.24, 2.45) is 0 Å². The summed E-state index contributed by atoms with van der Waals surface area (Å²) in [6.07, 6.45) is -13.3. The summed E-state index contributed by atoms with van der Waals surface area (Å²) in [5.41, 5.74) is 0.144. The van der Waals surface area contributed by atoms with E-state index in [4.69, 9.17) is 5.11 Å². The van der Waals surface area contributed by atoms with Crippen LogP contribution in [0.5, 0.6) is 5.75 Å². The van der Waals surface area contributed by atoms with E-state index in [9.17, 15) is 35.5 Å². The highest BCUT2D eigenvalue weighted by molar-refractivity contribution is 5.77. The smallest absolute Gasteiger partial charge is 0.406 e. The lowest BCUT2D eigenvalue weighted by Gasteiger charge is -2.22. The minimum Gasteiger partial charge on any atom is -0.406 e. The molecule has 0 saturated heterocycles. The monoisotopic (exact) mass is 377 g/mol. The largest absolute Gasteiger partial charge is 0.573 e. The molecule has 0 aliphatic rings. The SMILES string of the molecule is C[C@H](NC(=O)C[C@H](O)C(F)(F)C(F)F)c1cccc(OC(F)(F)F)c1. The molecule has 2 N–H and O–H groups in total. The van der Waals surface area contributed by atoms with Crippen LogP contribution in [-0.2, 0) is 4.79 Å². The Bertz CT molecular complexity index is 592. The quantitative estimate of drug-likeness (QED) is 0.716. The minimum atomic E-state index is -4.92. The van der Waals surface area contributed by atoms with E-state index >= 15 is 0 Å². The molecule has 1 aromatic rings. The minimum absolute atomic E-state index is 0.144. The standard InChI is InChI=1S/C14H14F7NO3/c1-7(8-3-2-4-9(5-8)25-14(19,20)21)22-11(24)6-10(23)13(17,18)12(15)16/h2-5,7,10,12,23H,6H2,1H3,(H,22,24)/t7-,10-/m0/s1. The summed E-state index contributed by atoms with van der Waals surface area (Å²) in [6.45, 7) is 1.32. The number of halogens is 7. The molecular weight excluding hydrogens is 363 g/mol. The second kappa shape index (κ2) is 7.89. The summed E-state index contributed by atoms with van der Waals surface area (Å²) in [7, 11) is 0. The third-order valence-electron chi connectivity index (χ3n) is 3.08. The first-order valence-corrected chi connectivity index (χ1v) is 6.82. The van der Waals surface area contributed by atoms with E-state index in [-0.39, 0.29) is 5.56 Å². The predicted molar refractivity (Wildman–Crippen MR) is 71.3 cm³/mol. The molecule has 0 heterocycles. The number of amides is 1. The average Bonchev–Trinajstić information content (AvgIpc) is 2.45. The molecule has 0 radical (unpaired) electrons. The fourth-order valence-electron chi connectivity index (χ4n) is 1.82. The van der Waals surface area contributed by atoms with Crippen LogP contribution < -0.4 is 10.1 Å². The number of carbonyl (C=O) groups excluding carboxylic acids is 1. The van der Waals surface area contributed by atoms with E-state index in [1.807, 2.05) is 0 Å². The Morgan fingerprint density at radius 3 is 2.36 bits per heavy atom. The van der Waals surface area contributed by atoms with Gasteiger partial charge in [0.15, 0.2) is 0 Å². The number of nitrogens with one attached hydrogen (secondary N) is 1. The highest BCUT2D eigenvalue weighted by Crippen LogP contribution is 2.29. The van der Waals surface area contributed by atoms with Gasteiger partial charge in [-0.25, -0.2) is 8.78 Å². The van der Waals surface area contributed by atoms with Gasteiger partial charge in [0.1, 0.15) is 11.9 Å². The van der Waals surface area contributed by atoms with Gasteiger partial charge in [-0.2, -0.15) is 8.78 Å². The fourth-order valence-corrected chi connectivity index (χ4v) is 1.82. The zero-order valence-electron chi connectivity index (χ0n) is 12.7. The van der Waals surface area contributed by atoms with Crippen molar-refractivity contribution in [3.05, 3.63) is 29.8 Å². The molecule has 1 aromatic carbocycles. The Morgan fingerprint density at radius 2 is 1.84 bits per heavy atom. The van der Waals surface area contributed by atoms with Crippen molar-refractivity contribution in [1.29, 1.82) is 0 Å². The van der Waals surface area contributed by atoms with E-state index in [2.05, 4.69) is 10.1 Å². The number of rotatable bonds is 7. The van der Waals surface area contributed by atoms with Crippen molar-refractivity contribution in [1.82, 2.24) is 5.32 Å². The number of aliphatic hydroxyl groups excluding tert-OH is 1. The van der Waals surface area contributed by atoms with Gasteiger partial charge in [0.2, 0.25) is 5.91 Å². The van der Waals surface area contributed by atoms with Gasteiger partial charge >= 0.3 is 18.7 Å². The van der Waals surface area contributed by atoms with Crippen LogP contribution in [0.15, 0.2) is 24.3 Å². The van der Waals surface area contributed by atoms with Gasteiger partial charge in [-0.3, -0.25) is 4.79 Å². The Labute approximate surface area is 137 Å². The van der Waals surface area contributed by atoms with Crippen LogP contribution in [0.1, 0.15) is 24.9 Å². The van der Waals surface area contributed by atoms with E-state index in [0.717, 1.165) is 12.1 Å². The van der Waals surface area contributed by atoms with Crippen molar-refractivity contribution in [2.75, 3.05) is 0 Å². The molecule has 0 fully saturated rings. The molecule has 0 unspecified atom stereocenters. The van der Waals surface area contributed by atoms with Crippen molar-refractivity contribution >= 4 is 5.91 Å². The van der Waals surface area contributed by atoms with Crippen LogP contribution in [0.4, 0.5) is 30.7 Å². The molecule has 4 nitrogen and oxygen atoms in total. The Balaban J connectivity index is 2.71. The summed E-state index contributed by atoms with van der Waals surface area (Å²) in [4.78, 5) is 11.6. The number of ether oxygens (including phenoxy) is 1. The van der Waals surface area contributed by atoms with Gasteiger partial charge in [0.05, 0.1) is 12.5 Å². The molecule has 142 valence electrons. The Morgan fingerprint density at radius 1 is 1.24 bits per heavy atom. The van der Waals surface area contributed by atoms with Crippen LogP contribution in [0.25, 0.3) is 0 Å². The molecule has 0 spiro atoms. The highest BCUT2D eigenvalue weighted by Gasteiger charge is 2.48. The molecule has 0 aliphatic heterocycles. The van der Waals surface area contributed by atoms with E-state index < -0.39 is 48.9 Å². The Hall–Kier alpha value is -2.04. The van der Waals surface area contributed by atoms with Crippen molar-refractivity contribution in [3.63, 3.8) is 0 Å². The van der Waals surface area contributed by atoms with E-state index in [1.165, 1.54) is 19.1 Å². The first kappa shape index (κ1) is 21.0. The molecule has 0 bridgehead atoms. The summed E-state index contributed by atoms with van der Waals surface area (Å²) >= 11 is 0. The number of carbonyl (C=O) groups is 1. The maximum absolute atomic E-state index is 12.9. The molecule has 0 saturated carbocycles. The van der Waals surface area contributed by atoms with Crippen molar-refractivity contribution in [3.8, 4) is 5.75 Å². The van der Waals surface area contributed by atoms with Crippen molar-refractivity contribution < 1.29 is 45.4 Å². The summed E-state index contributed by atoms with van der Waals surface area (Å²) in [5, 5.41) is 11.2. The molecule has 1 amide bonds. The lowest BCUT2D eigenvalue weighted by atomic mass is 10.1. The van der Waals surface area contributed by atoms with Crippen LogP contribution in [0, 0.1) is 0 Å². The zero-order valence-corrected chi connectivity index (χ0v) is 12.7. The zero-order chi connectivity index (χ0) is 19.4. The van der Waals surface area contributed by atoms with Gasteiger partial charge in [0, 0.05) is 0 Å². The van der Waals surface area contributed by atoms with Gasteiger partial charge in [0.25, 0.3) is 0 Å². The first-order chi connectivity index (χ1) is 11.3. The number of hydrogen-bond acceptors (Lipinski definition) is 3. The second-order valence-electron chi connectivity index (χ2n) is 5.10. The van der Waals surface area contributed by atoms with Crippen molar-refractivity contribution in [2.45, 2.75) is 44.2 Å². The fraction of sp³-hybridized carbons (Fsp3) is 0.500. The van der Waals surface area contributed by atoms with Gasteiger partial charge in [-0.05, 0) is 24.6 Å². The maximum Gasteiger partial charge on any atom is 0.573 e.